The molecule has 122 valence electrons. The van der Waals surface area contributed by atoms with Crippen LogP contribution in [-0.2, 0) is 9.84 Å². The number of hydrogen-bond donors (Lipinski definition) is 1. The van der Waals surface area contributed by atoms with Gasteiger partial charge in [0.15, 0.2) is 0 Å². The van der Waals surface area contributed by atoms with E-state index in [1.807, 2.05) is 0 Å². The highest BCUT2D eigenvalue weighted by Gasteiger charge is 2.36. The summed E-state index contributed by atoms with van der Waals surface area (Å²) in [5, 5.41) is 3.58. The summed E-state index contributed by atoms with van der Waals surface area (Å²) in [7, 11) is -2.87. The van der Waals surface area contributed by atoms with Gasteiger partial charge in [0.2, 0.25) is 0 Å². The lowest BCUT2D eigenvalue weighted by Gasteiger charge is -2.44. The van der Waals surface area contributed by atoms with Crippen LogP contribution in [0.2, 0.25) is 0 Å². The van der Waals surface area contributed by atoms with Crippen LogP contribution in [0.15, 0.2) is 0 Å². The lowest BCUT2D eigenvalue weighted by atomic mass is 9.90. The molecule has 5 heteroatoms. The first-order valence-electron chi connectivity index (χ1n) is 8.72. The van der Waals surface area contributed by atoms with E-state index in [9.17, 15) is 8.42 Å². The number of nitrogens with zero attached hydrogens (tertiary/aromatic N) is 1. The van der Waals surface area contributed by atoms with Gasteiger partial charge in [-0.25, -0.2) is 8.42 Å². The molecule has 0 amide bonds. The molecule has 3 unspecified atom stereocenters. The van der Waals surface area contributed by atoms with Crippen LogP contribution in [-0.4, -0.2) is 56.0 Å². The highest BCUT2D eigenvalue weighted by Crippen LogP contribution is 2.31. The molecule has 0 radical (unpaired) electrons. The molecule has 4 nitrogen and oxygen atoms in total. The van der Waals surface area contributed by atoms with Crippen molar-refractivity contribution in [3.05, 3.63) is 0 Å². The largest absolute Gasteiger partial charge is 0.312 e. The second-order valence-electron chi connectivity index (χ2n) is 7.34. The Balaban J connectivity index is 1.61. The second-order valence-corrected chi connectivity index (χ2v) is 9.67. The third-order valence-corrected chi connectivity index (χ3v) is 7.20. The maximum atomic E-state index is 11.9. The first kappa shape index (κ1) is 15.8. The molecule has 0 spiro atoms. The van der Waals surface area contributed by atoms with E-state index in [-0.39, 0.29) is 5.25 Å². The number of likely N-dealkylation sites (tertiary alicyclic amines) is 1. The number of hydrogen-bond acceptors (Lipinski definition) is 4. The fourth-order valence-electron chi connectivity index (χ4n) is 4.12. The van der Waals surface area contributed by atoms with Crippen molar-refractivity contribution in [3.63, 3.8) is 0 Å². The molecular formula is C16H30N2O2S. The molecule has 0 aromatic rings. The van der Waals surface area contributed by atoms with Crippen LogP contribution in [0.3, 0.4) is 0 Å². The summed E-state index contributed by atoms with van der Waals surface area (Å²) in [6.07, 6.45) is 12.0. The minimum atomic E-state index is -2.87. The maximum absolute atomic E-state index is 11.9. The molecular weight excluding hydrogens is 284 g/mol. The molecule has 2 saturated carbocycles. The highest BCUT2D eigenvalue weighted by atomic mass is 32.2. The topological polar surface area (TPSA) is 49.4 Å². The van der Waals surface area contributed by atoms with Crippen LogP contribution < -0.4 is 5.32 Å². The Bertz CT molecular complexity index is 447. The first-order valence-corrected chi connectivity index (χ1v) is 10.7. The first-order chi connectivity index (χ1) is 10.0. The Morgan fingerprint density at radius 2 is 1.86 bits per heavy atom. The fourth-order valence-corrected chi connectivity index (χ4v) is 5.29. The number of piperidine rings is 1. The number of sulfone groups is 1. The molecule has 3 rings (SSSR count). The van der Waals surface area contributed by atoms with Gasteiger partial charge in [0, 0.05) is 30.9 Å². The number of nitrogens with one attached hydrogen (secondary N) is 1. The average molecular weight is 314 g/mol. The Morgan fingerprint density at radius 1 is 1.05 bits per heavy atom. The van der Waals surface area contributed by atoms with Crippen LogP contribution in [0, 0.1) is 0 Å². The molecule has 1 N–H and O–H groups in total. The zero-order chi connectivity index (χ0) is 14.9. The van der Waals surface area contributed by atoms with Crippen molar-refractivity contribution in [1.29, 1.82) is 0 Å². The van der Waals surface area contributed by atoms with Crippen LogP contribution in [0.25, 0.3) is 0 Å². The van der Waals surface area contributed by atoms with E-state index in [0.29, 0.717) is 12.1 Å². The lowest BCUT2D eigenvalue weighted by Crippen LogP contribution is -2.52. The SMILES string of the molecule is CS(=O)(=O)C1CCCC(N2CCCCC2CNC2CC2)C1. The summed E-state index contributed by atoms with van der Waals surface area (Å²) in [5.41, 5.74) is 0. The van der Waals surface area contributed by atoms with Crippen molar-refractivity contribution >= 4 is 9.84 Å². The molecule has 3 fully saturated rings. The molecule has 3 atom stereocenters. The van der Waals surface area contributed by atoms with Gasteiger partial charge in [-0.1, -0.05) is 12.8 Å². The average Bonchev–Trinajstić information content (AvgIpc) is 3.29. The van der Waals surface area contributed by atoms with Gasteiger partial charge in [0.25, 0.3) is 0 Å². The fraction of sp³-hybridized carbons (Fsp3) is 1.00. The van der Waals surface area contributed by atoms with Crippen LogP contribution in [0.4, 0.5) is 0 Å². The smallest absolute Gasteiger partial charge is 0.150 e. The zero-order valence-corrected chi connectivity index (χ0v) is 14.1. The summed E-state index contributed by atoms with van der Waals surface area (Å²) < 4.78 is 23.8. The lowest BCUT2D eigenvalue weighted by molar-refractivity contribution is 0.0727. The summed E-state index contributed by atoms with van der Waals surface area (Å²) in [6.45, 7) is 2.27. The summed E-state index contributed by atoms with van der Waals surface area (Å²) >= 11 is 0. The predicted octanol–water partition coefficient (Wildman–Crippen LogP) is 1.95. The molecule has 1 heterocycles. The van der Waals surface area contributed by atoms with E-state index in [4.69, 9.17) is 0 Å². The molecule has 0 aromatic heterocycles. The van der Waals surface area contributed by atoms with Crippen molar-refractivity contribution in [2.45, 2.75) is 81.2 Å². The van der Waals surface area contributed by atoms with Crippen molar-refractivity contribution in [3.8, 4) is 0 Å². The molecule has 0 aromatic carbocycles. The van der Waals surface area contributed by atoms with E-state index < -0.39 is 9.84 Å². The minimum Gasteiger partial charge on any atom is -0.312 e. The predicted molar refractivity (Wildman–Crippen MR) is 86.3 cm³/mol. The summed E-state index contributed by atoms with van der Waals surface area (Å²) in [5.74, 6) is 0. The normalized spacial score (nSPS) is 35.8. The standard InChI is InChI=1S/C16H30N2O2S/c1-21(19,20)16-7-4-6-14(11-16)18-10-3-2-5-15(18)12-17-13-8-9-13/h13-17H,2-12H2,1H3. The highest BCUT2D eigenvalue weighted by molar-refractivity contribution is 7.91. The minimum absolute atomic E-state index is 0.102. The molecule has 2 aliphatic carbocycles. The Hall–Kier alpha value is -0.130. The molecule has 1 saturated heterocycles. The molecule has 1 aliphatic heterocycles. The third-order valence-electron chi connectivity index (χ3n) is 5.57. The zero-order valence-electron chi connectivity index (χ0n) is 13.3. The molecule has 21 heavy (non-hydrogen) atoms. The van der Waals surface area contributed by atoms with E-state index in [1.54, 1.807) is 0 Å². The quantitative estimate of drug-likeness (QED) is 0.843. The van der Waals surface area contributed by atoms with Crippen molar-refractivity contribution < 1.29 is 8.42 Å². The second kappa shape index (κ2) is 6.55. The van der Waals surface area contributed by atoms with Gasteiger partial charge >= 0.3 is 0 Å². The van der Waals surface area contributed by atoms with Gasteiger partial charge in [-0.2, -0.15) is 0 Å². The van der Waals surface area contributed by atoms with Gasteiger partial charge in [0.1, 0.15) is 9.84 Å². The van der Waals surface area contributed by atoms with E-state index >= 15 is 0 Å². The Morgan fingerprint density at radius 3 is 2.57 bits per heavy atom. The molecule has 3 aliphatic rings. The van der Waals surface area contributed by atoms with Gasteiger partial charge in [-0.05, 0) is 51.5 Å². The van der Waals surface area contributed by atoms with Gasteiger partial charge < -0.3 is 5.32 Å². The molecule has 0 bridgehead atoms. The number of rotatable bonds is 5. The van der Waals surface area contributed by atoms with E-state index in [0.717, 1.165) is 38.4 Å². The Kier molecular flexibility index (Phi) is 4.91. The van der Waals surface area contributed by atoms with Crippen LogP contribution in [0.1, 0.15) is 57.8 Å². The van der Waals surface area contributed by atoms with Crippen LogP contribution >= 0.6 is 0 Å². The summed E-state index contributed by atoms with van der Waals surface area (Å²) in [4.78, 5) is 2.65. The van der Waals surface area contributed by atoms with Gasteiger partial charge in [-0.15, -0.1) is 0 Å². The van der Waals surface area contributed by atoms with E-state index in [1.165, 1.54) is 44.8 Å². The van der Waals surface area contributed by atoms with Crippen molar-refractivity contribution in [2.24, 2.45) is 0 Å². The van der Waals surface area contributed by atoms with Gasteiger partial charge in [-0.3, -0.25) is 4.90 Å². The third kappa shape index (κ3) is 4.20. The Labute approximate surface area is 129 Å². The maximum Gasteiger partial charge on any atom is 0.150 e. The van der Waals surface area contributed by atoms with E-state index in [2.05, 4.69) is 10.2 Å². The van der Waals surface area contributed by atoms with Crippen LogP contribution in [0.5, 0.6) is 0 Å². The van der Waals surface area contributed by atoms with Crippen molar-refractivity contribution in [2.75, 3.05) is 19.3 Å². The van der Waals surface area contributed by atoms with Gasteiger partial charge in [0.05, 0.1) is 5.25 Å². The van der Waals surface area contributed by atoms with Crippen molar-refractivity contribution in [1.82, 2.24) is 10.2 Å². The summed E-state index contributed by atoms with van der Waals surface area (Å²) in [6, 6.07) is 1.89. The monoisotopic (exact) mass is 314 g/mol.